The number of carboxylic acid groups (broad SMARTS) is 13. The predicted octanol–water partition coefficient (Wildman–Crippen LogP) is 0.812. The van der Waals surface area contributed by atoms with E-state index in [1.165, 1.54) is 6.92 Å². The molecule has 36 nitrogen and oxygen atoms in total. The lowest BCUT2D eigenvalue weighted by molar-refractivity contribution is -0.142. The highest BCUT2D eigenvalue weighted by atomic mass is 16.6. The van der Waals surface area contributed by atoms with Crippen LogP contribution in [0, 0.1) is 0 Å². The Morgan fingerprint density at radius 3 is 0.700 bits per heavy atom. The molecule has 0 bridgehead atoms. The summed E-state index contributed by atoms with van der Waals surface area (Å²) in [6.45, 7) is 3.20. The van der Waals surface area contributed by atoms with Crippen molar-refractivity contribution in [1.29, 1.82) is 0 Å². The molecule has 36 heteroatoms. The van der Waals surface area contributed by atoms with Crippen LogP contribution in [0.4, 0.5) is 0 Å². The van der Waals surface area contributed by atoms with Gasteiger partial charge in [-0.05, 0) is 19.8 Å². The van der Waals surface area contributed by atoms with Crippen LogP contribution < -0.4 is 0 Å². The molecule has 80 heavy (non-hydrogen) atoms. The molecule has 418 valence electrons. The molecule has 0 fully saturated rings. The lowest BCUT2D eigenvalue weighted by Crippen LogP contribution is -2.33. The summed E-state index contributed by atoms with van der Waals surface area (Å²) in [7, 11) is 0. The molecule has 3 aromatic rings. The Bertz CT molecular complexity index is 3400. The number of carboxylic acids is 13. The number of benzene rings is 3. The SMILES string of the molecule is C=CC(=O)OC(C)CCCOC(=O)c1c(C(=O)O)c(C(=O)O)c(C(=O)O)c(C(=O)OC(=O)c2c(C(=O)O)c(C(=O)O)c(C(=O)O)c(C(=O)O)c2C(=O)O)c1C(=O)OC(=O)c1c(C(=O)O)c(C(=O)O)c(C(=O)O)c(C(=O)O)c1C(=O)O. The minimum absolute atomic E-state index is 0.355. The van der Waals surface area contributed by atoms with Crippen LogP contribution in [0.25, 0.3) is 0 Å². The number of hydrogen-bond donors (Lipinski definition) is 13. The van der Waals surface area contributed by atoms with E-state index in [4.69, 9.17) is 9.47 Å². The highest BCUT2D eigenvalue weighted by molar-refractivity contribution is 6.29. The van der Waals surface area contributed by atoms with Gasteiger partial charge in [0.1, 0.15) is 0 Å². The first-order chi connectivity index (χ1) is 36.9. The van der Waals surface area contributed by atoms with Crippen LogP contribution in [0.5, 0.6) is 0 Å². The minimum atomic E-state index is -3.19. The van der Waals surface area contributed by atoms with Gasteiger partial charge in [0.2, 0.25) is 0 Å². The molecule has 0 heterocycles. The van der Waals surface area contributed by atoms with Crippen molar-refractivity contribution in [1.82, 2.24) is 0 Å². The summed E-state index contributed by atoms with van der Waals surface area (Å²) in [5.41, 5.74) is -43.3. The summed E-state index contributed by atoms with van der Waals surface area (Å²) >= 11 is 0. The fraction of sp³-hybridized carbons (Fsp3) is 0.114. The van der Waals surface area contributed by atoms with Crippen molar-refractivity contribution >= 4 is 113 Å². The maximum absolute atomic E-state index is 14.5. The standard InChI is InChI=1S/C44H26O36/c1-3-8(45)78-7(2)5-4-6-77-40(72)24-20(38(68)69)15(33(58)59)21(39(70)71)25(43(75)79-41(73)22-16(34(60)61)11(29(50)51)9(27(46)47)12(30(52)53)17(22)35(62)63)26(24)44(76)80-42(74)23-18(36(64)65)13(31(54)55)10(28(48)49)14(32(56)57)19(23)37(66)67/h3,7H,1,4-6H2,2H3,(H,46,47)(H,48,49)(H,50,51)(H,52,53)(H,54,55)(H,56,57)(H,58,59)(H,60,61)(H,62,63)(H,64,65)(H,66,67)(H,68,69)(H,70,71). The third-order valence-corrected chi connectivity index (χ3v) is 10.1. The number of ether oxygens (including phenoxy) is 4. The van der Waals surface area contributed by atoms with Crippen LogP contribution in [-0.2, 0) is 23.7 Å². The van der Waals surface area contributed by atoms with Crippen molar-refractivity contribution < 1.29 is 176 Å². The smallest absolute Gasteiger partial charge is 0.347 e. The molecular weight excluding hydrogens is 1100 g/mol. The van der Waals surface area contributed by atoms with E-state index in [-0.39, 0.29) is 6.42 Å². The molecule has 3 rings (SSSR count). The molecule has 13 N–H and O–H groups in total. The van der Waals surface area contributed by atoms with Gasteiger partial charge >= 0.3 is 113 Å². The third kappa shape index (κ3) is 11.8. The Balaban J connectivity index is 2.79. The lowest BCUT2D eigenvalue weighted by atomic mass is 9.85. The second kappa shape index (κ2) is 23.9. The van der Waals surface area contributed by atoms with Gasteiger partial charge in [-0.15, -0.1) is 0 Å². The van der Waals surface area contributed by atoms with Crippen molar-refractivity contribution in [3.63, 3.8) is 0 Å². The third-order valence-electron chi connectivity index (χ3n) is 10.1. The second-order valence-corrected chi connectivity index (χ2v) is 14.8. The normalized spacial score (nSPS) is 10.8. The van der Waals surface area contributed by atoms with Gasteiger partial charge in [-0.3, -0.25) is 0 Å². The van der Waals surface area contributed by atoms with Crippen LogP contribution in [0.1, 0.15) is 206 Å². The summed E-state index contributed by atoms with van der Waals surface area (Å²) in [6.07, 6.45) is -1.33. The largest absolute Gasteiger partial charge is 0.478 e. The molecule has 3 aromatic carbocycles. The number of carbonyl (C=O) groups is 19. The summed E-state index contributed by atoms with van der Waals surface area (Å²) in [6, 6.07) is 0. The number of rotatable bonds is 24. The van der Waals surface area contributed by atoms with Crippen molar-refractivity contribution in [2.75, 3.05) is 6.61 Å². The van der Waals surface area contributed by atoms with Gasteiger partial charge in [0.25, 0.3) is 0 Å². The first kappa shape index (κ1) is 62.0. The molecule has 0 aliphatic rings. The minimum Gasteiger partial charge on any atom is -0.478 e. The molecule has 0 aliphatic carbocycles. The number of hydrogen-bond acceptors (Lipinski definition) is 23. The van der Waals surface area contributed by atoms with Gasteiger partial charge in [0.05, 0.1) is 113 Å². The average Bonchev–Trinajstić information content (AvgIpc) is 3.33. The Kier molecular flexibility index (Phi) is 18.6. The van der Waals surface area contributed by atoms with E-state index >= 15 is 0 Å². The van der Waals surface area contributed by atoms with Gasteiger partial charge in [-0.25, -0.2) is 91.1 Å². The summed E-state index contributed by atoms with van der Waals surface area (Å²) < 4.78 is 18.4. The molecule has 1 unspecified atom stereocenters. The average molecular weight is 1130 g/mol. The molecule has 1 atom stereocenters. The quantitative estimate of drug-likeness (QED) is 0.0194. The van der Waals surface area contributed by atoms with Crippen molar-refractivity contribution in [3.8, 4) is 0 Å². The van der Waals surface area contributed by atoms with Crippen molar-refractivity contribution in [2.45, 2.75) is 25.9 Å². The fourth-order valence-corrected chi connectivity index (χ4v) is 7.34. The Morgan fingerprint density at radius 2 is 0.500 bits per heavy atom. The maximum Gasteiger partial charge on any atom is 0.347 e. The van der Waals surface area contributed by atoms with Gasteiger partial charge in [-0.1, -0.05) is 6.58 Å². The van der Waals surface area contributed by atoms with Crippen LogP contribution in [0.15, 0.2) is 12.7 Å². The topological polar surface area (TPSA) is 624 Å². The first-order valence-corrected chi connectivity index (χ1v) is 20.2. The van der Waals surface area contributed by atoms with E-state index in [0.717, 1.165) is 0 Å². The van der Waals surface area contributed by atoms with Crippen LogP contribution >= 0.6 is 0 Å². The Morgan fingerprint density at radius 1 is 0.325 bits per heavy atom. The molecule has 0 amide bonds. The molecule has 0 aromatic heterocycles. The maximum atomic E-state index is 14.5. The zero-order valence-electron chi connectivity index (χ0n) is 38.7. The van der Waals surface area contributed by atoms with Gasteiger partial charge < -0.3 is 85.3 Å². The summed E-state index contributed by atoms with van der Waals surface area (Å²) in [5, 5.41) is 130. The van der Waals surface area contributed by atoms with Crippen molar-refractivity contribution in [3.05, 3.63) is 113 Å². The van der Waals surface area contributed by atoms with Gasteiger partial charge in [0.15, 0.2) is 0 Å². The molecule has 0 spiro atoms. The van der Waals surface area contributed by atoms with E-state index in [1.54, 1.807) is 0 Å². The highest BCUT2D eigenvalue weighted by Crippen LogP contribution is 2.36. The fourth-order valence-electron chi connectivity index (χ4n) is 7.34. The van der Waals surface area contributed by atoms with Crippen LogP contribution in [0.2, 0.25) is 0 Å². The molecule has 0 aliphatic heterocycles. The number of aromatic carboxylic acids is 13. The van der Waals surface area contributed by atoms with E-state index in [2.05, 4.69) is 16.1 Å². The zero-order chi connectivity index (χ0) is 61.6. The summed E-state index contributed by atoms with van der Waals surface area (Å²) in [5.74, 6) is -53.2. The van der Waals surface area contributed by atoms with Crippen LogP contribution in [0.3, 0.4) is 0 Å². The monoisotopic (exact) mass is 1130 g/mol. The molecule has 0 saturated heterocycles. The van der Waals surface area contributed by atoms with E-state index in [9.17, 15) is 157 Å². The Labute approximate surface area is 434 Å². The lowest BCUT2D eigenvalue weighted by Gasteiger charge is -2.21. The van der Waals surface area contributed by atoms with Crippen LogP contribution in [-0.4, -0.2) is 193 Å². The highest BCUT2D eigenvalue weighted by Gasteiger charge is 2.47. The first-order valence-electron chi connectivity index (χ1n) is 20.2. The predicted molar refractivity (Wildman–Crippen MR) is 235 cm³/mol. The molecule has 0 radical (unpaired) electrons. The van der Waals surface area contributed by atoms with Crippen molar-refractivity contribution in [2.24, 2.45) is 0 Å². The Hall–Kier alpha value is -12.3. The number of esters is 6. The summed E-state index contributed by atoms with van der Waals surface area (Å²) in [4.78, 5) is 246. The number of carbonyl (C=O) groups excluding carboxylic acids is 6. The van der Waals surface area contributed by atoms with Gasteiger partial charge in [-0.2, -0.15) is 0 Å². The zero-order valence-corrected chi connectivity index (χ0v) is 38.7. The molecular formula is C44H26O36. The van der Waals surface area contributed by atoms with Gasteiger partial charge in [0, 0.05) is 6.08 Å². The molecule has 0 saturated carbocycles. The van der Waals surface area contributed by atoms with E-state index < -0.39 is 233 Å². The van der Waals surface area contributed by atoms with E-state index in [0.29, 0.717) is 6.08 Å². The van der Waals surface area contributed by atoms with E-state index in [1.807, 2.05) is 0 Å². The second-order valence-electron chi connectivity index (χ2n) is 14.8.